The van der Waals surface area contributed by atoms with Gasteiger partial charge in [0.2, 0.25) is 0 Å². The summed E-state index contributed by atoms with van der Waals surface area (Å²) in [6.07, 6.45) is -3.45. The normalized spacial score (nSPS) is 21.9. The lowest BCUT2D eigenvalue weighted by molar-refractivity contribution is -0.137. The molecular weight excluding hydrogens is 311 g/mol. The number of aliphatic hydroxyl groups is 1. The van der Waals surface area contributed by atoms with Gasteiger partial charge >= 0.3 is 6.18 Å². The van der Waals surface area contributed by atoms with Gasteiger partial charge in [0.05, 0.1) is 17.4 Å². The second kappa shape index (κ2) is 5.84. The predicted molar refractivity (Wildman–Crippen MR) is 75.9 cm³/mol. The number of hydrogen-bond acceptors (Lipinski definition) is 5. The number of anilines is 1. The largest absolute Gasteiger partial charge is 0.416 e. The van der Waals surface area contributed by atoms with Gasteiger partial charge in [0, 0.05) is 37.7 Å². The van der Waals surface area contributed by atoms with E-state index >= 15 is 0 Å². The second-order valence-electron chi connectivity index (χ2n) is 5.77. The van der Waals surface area contributed by atoms with E-state index in [1.807, 2.05) is 0 Å². The van der Waals surface area contributed by atoms with Crippen LogP contribution in [-0.2, 0) is 12.6 Å². The first-order chi connectivity index (χ1) is 10.8. The van der Waals surface area contributed by atoms with Crippen LogP contribution in [0.2, 0.25) is 0 Å². The molecule has 5 nitrogen and oxygen atoms in total. The third-order valence-electron chi connectivity index (χ3n) is 3.94. The number of aromatic nitrogens is 2. The Balaban J connectivity index is 1.73. The number of aryl methyl sites for hydroxylation is 1. The molecule has 0 unspecified atom stereocenters. The van der Waals surface area contributed by atoms with Crippen molar-refractivity contribution in [3.8, 4) is 0 Å². The van der Waals surface area contributed by atoms with E-state index in [0.29, 0.717) is 18.7 Å². The first kappa shape index (κ1) is 15.8. The van der Waals surface area contributed by atoms with Gasteiger partial charge in [0.1, 0.15) is 11.6 Å². The molecule has 2 aromatic rings. The number of halogens is 3. The van der Waals surface area contributed by atoms with Crippen LogP contribution in [0.3, 0.4) is 0 Å². The van der Waals surface area contributed by atoms with Gasteiger partial charge in [-0.15, -0.1) is 0 Å². The predicted octanol–water partition coefficient (Wildman–Crippen LogP) is 2.44. The fourth-order valence-corrected chi connectivity index (χ4v) is 2.78. The Morgan fingerprint density at radius 2 is 2.13 bits per heavy atom. The molecule has 0 radical (unpaired) electrons. The number of alkyl halides is 3. The Hall–Kier alpha value is -2.09. The molecule has 124 valence electrons. The lowest BCUT2D eigenvalue weighted by Crippen LogP contribution is -2.22. The third kappa shape index (κ3) is 3.47. The van der Waals surface area contributed by atoms with Crippen LogP contribution in [0.15, 0.2) is 28.9 Å². The van der Waals surface area contributed by atoms with E-state index in [1.165, 1.54) is 0 Å². The molecule has 1 N–H and O–H groups in total. The molecule has 1 fully saturated rings. The first-order valence-electron chi connectivity index (χ1n) is 7.21. The van der Waals surface area contributed by atoms with Crippen molar-refractivity contribution >= 4 is 5.82 Å². The Morgan fingerprint density at radius 1 is 1.35 bits per heavy atom. The second-order valence-corrected chi connectivity index (χ2v) is 5.77. The molecule has 0 aromatic carbocycles. The topological polar surface area (TPSA) is 62.4 Å². The highest BCUT2D eigenvalue weighted by molar-refractivity contribution is 5.43. The summed E-state index contributed by atoms with van der Waals surface area (Å²) in [5, 5.41) is 14.0. The SMILES string of the molecule is Cc1cc(C[C@@H]2CN(c3cc(C(F)(F)F)ccn3)C[C@H]2O)on1. The van der Waals surface area contributed by atoms with Crippen molar-refractivity contribution in [2.45, 2.75) is 25.6 Å². The fourth-order valence-electron chi connectivity index (χ4n) is 2.78. The molecule has 0 bridgehead atoms. The van der Waals surface area contributed by atoms with E-state index in [0.717, 1.165) is 24.0 Å². The van der Waals surface area contributed by atoms with Crippen molar-refractivity contribution in [3.63, 3.8) is 0 Å². The summed E-state index contributed by atoms with van der Waals surface area (Å²) in [4.78, 5) is 5.65. The van der Waals surface area contributed by atoms with Gasteiger partial charge in [0.15, 0.2) is 0 Å². The van der Waals surface area contributed by atoms with Crippen molar-refractivity contribution in [1.29, 1.82) is 0 Å². The lowest BCUT2D eigenvalue weighted by atomic mass is 10.0. The number of nitrogens with zero attached hydrogens (tertiary/aromatic N) is 3. The lowest BCUT2D eigenvalue weighted by Gasteiger charge is -2.18. The molecule has 2 aromatic heterocycles. The minimum Gasteiger partial charge on any atom is -0.391 e. The zero-order chi connectivity index (χ0) is 16.6. The molecule has 0 amide bonds. The minimum atomic E-state index is -4.41. The quantitative estimate of drug-likeness (QED) is 0.938. The van der Waals surface area contributed by atoms with E-state index in [9.17, 15) is 18.3 Å². The molecular formula is C15H16F3N3O2. The summed E-state index contributed by atoms with van der Waals surface area (Å²) < 4.78 is 43.5. The monoisotopic (exact) mass is 327 g/mol. The first-order valence-corrected chi connectivity index (χ1v) is 7.21. The number of hydrogen-bond donors (Lipinski definition) is 1. The summed E-state index contributed by atoms with van der Waals surface area (Å²) in [6.45, 7) is 2.46. The summed E-state index contributed by atoms with van der Waals surface area (Å²) >= 11 is 0. The maximum atomic E-state index is 12.8. The molecule has 0 spiro atoms. The fraction of sp³-hybridized carbons (Fsp3) is 0.467. The van der Waals surface area contributed by atoms with Crippen LogP contribution >= 0.6 is 0 Å². The summed E-state index contributed by atoms with van der Waals surface area (Å²) in [6, 6.07) is 3.73. The van der Waals surface area contributed by atoms with Crippen molar-refractivity contribution in [2.24, 2.45) is 5.92 Å². The van der Waals surface area contributed by atoms with Crippen LogP contribution in [0.4, 0.5) is 19.0 Å². The Morgan fingerprint density at radius 3 is 2.78 bits per heavy atom. The van der Waals surface area contributed by atoms with Gasteiger partial charge in [-0.05, 0) is 19.1 Å². The van der Waals surface area contributed by atoms with Crippen molar-refractivity contribution in [3.05, 3.63) is 41.4 Å². The molecule has 3 rings (SSSR count). The van der Waals surface area contributed by atoms with Crippen molar-refractivity contribution in [2.75, 3.05) is 18.0 Å². The number of pyridine rings is 1. The van der Waals surface area contributed by atoms with Gasteiger partial charge in [-0.25, -0.2) is 4.98 Å². The zero-order valence-corrected chi connectivity index (χ0v) is 12.4. The molecule has 1 saturated heterocycles. The highest BCUT2D eigenvalue weighted by Crippen LogP contribution is 2.32. The average Bonchev–Trinajstić information content (AvgIpc) is 3.05. The standard InChI is InChI=1S/C15H16F3N3O2/c1-9-4-12(23-20-9)5-10-7-21(8-13(10)22)14-6-11(2-3-19-14)15(16,17)18/h2-4,6,10,13,22H,5,7-8H2,1H3/t10-,13-/m1/s1. The van der Waals surface area contributed by atoms with Crippen molar-refractivity contribution in [1.82, 2.24) is 10.1 Å². The van der Waals surface area contributed by atoms with Gasteiger partial charge in [-0.1, -0.05) is 5.16 Å². The van der Waals surface area contributed by atoms with Crippen LogP contribution in [0.1, 0.15) is 17.0 Å². The summed E-state index contributed by atoms with van der Waals surface area (Å²) in [7, 11) is 0. The van der Waals surface area contributed by atoms with Gasteiger partial charge in [0.25, 0.3) is 0 Å². The molecule has 23 heavy (non-hydrogen) atoms. The minimum absolute atomic E-state index is 0.140. The molecule has 3 heterocycles. The van der Waals surface area contributed by atoms with Crippen LogP contribution in [0.5, 0.6) is 0 Å². The van der Waals surface area contributed by atoms with E-state index in [1.54, 1.807) is 17.9 Å². The molecule has 0 saturated carbocycles. The van der Waals surface area contributed by atoms with Crippen LogP contribution in [-0.4, -0.2) is 34.4 Å². The number of aliphatic hydroxyl groups excluding tert-OH is 1. The van der Waals surface area contributed by atoms with Gasteiger partial charge < -0.3 is 14.5 Å². The highest BCUT2D eigenvalue weighted by Gasteiger charge is 2.35. The van der Waals surface area contributed by atoms with Gasteiger partial charge in [-0.3, -0.25) is 0 Å². The zero-order valence-electron chi connectivity index (χ0n) is 12.4. The molecule has 8 heteroatoms. The Labute approximate surface area is 130 Å². The van der Waals surface area contributed by atoms with E-state index < -0.39 is 17.8 Å². The van der Waals surface area contributed by atoms with Crippen LogP contribution in [0, 0.1) is 12.8 Å². The maximum Gasteiger partial charge on any atom is 0.416 e. The van der Waals surface area contributed by atoms with Gasteiger partial charge in [-0.2, -0.15) is 13.2 Å². The number of β-amino-alcohol motifs (C(OH)–C–C–N with tert-alkyl or cyclic N) is 1. The Bertz CT molecular complexity index is 687. The third-order valence-corrected chi connectivity index (χ3v) is 3.94. The van der Waals surface area contributed by atoms with Crippen LogP contribution < -0.4 is 4.90 Å². The summed E-state index contributed by atoms with van der Waals surface area (Å²) in [5.41, 5.74) is 0.00943. The molecule has 2 atom stereocenters. The van der Waals surface area contributed by atoms with Crippen molar-refractivity contribution < 1.29 is 22.8 Å². The van der Waals surface area contributed by atoms with E-state index in [-0.39, 0.29) is 18.3 Å². The molecule has 1 aliphatic heterocycles. The summed E-state index contributed by atoms with van der Waals surface area (Å²) in [5.74, 6) is 0.735. The average molecular weight is 327 g/mol. The number of rotatable bonds is 3. The molecule has 1 aliphatic rings. The Kier molecular flexibility index (Phi) is 4.01. The maximum absolute atomic E-state index is 12.8. The molecule has 0 aliphatic carbocycles. The smallest absolute Gasteiger partial charge is 0.391 e. The van der Waals surface area contributed by atoms with Crippen LogP contribution in [0.25, 0.3) is 0 Å². The highest BCUT2D eigenvalue weighted by atomic mass is 19.4. The van der Waals surface area contributed by atoms with E-state index in [2.05, 4.69) is 10.1 Å². The van der Waals surface area contributed by atoms with E-state index in [4.69, 9.17) is 4.52 Å².